The van der Waals surface area contributed by atoms with Gasteiger partial charge >= 0.3 is 0 Å². The Bertz CT molecular complexity index is 196. The Labute approximate surface area is 77.3 Å². The average Bonchev–Trinajstić information content (AvgIpc) is 2.38. The molecule has 0 saturated heterocycles. The van der Waals surface area contributed by atoms with Crippen LogP contribution in [0.5, 0.6) is 0 Å². The lowest BCUT2D eigenvalue weighted by molar-refractivity contribution is 0.745. The van der Waals surface area contributed by atoms with E-state index < -0.39 is 0 Å². The van der Waals surface area contributed by atoms with Crippen molar-refractivity contribution in [2.24, 2.45) is 5.73 Å². The van der Waals surface area contributed by atoms with Crippen LogP contribution in [0.15, 0.2) is 29.5 Å². The van der Waals surface area contributed by atoms with Crippen LogP contribution in [0.2, 0.25) is 0 Å². The summed E-state index contributed by atoms with van der Waals surface area (Å²) in [4.78, 5) is 0. The Morgan fingerprint density at radius 1 is 1.73 bits per heavy atom. The average molecular weight is 190 g/mol. The number of halogens is 1. The van der Waals surface area contributed by atoms with Gasteiger partial charge in [0.25, 0.3) is 0 Å². The molecule has 0 spiro atoms. The van der Waals surface area contributed by atoms with Crippen molar-refractivity contribution in [1.82, 2.24) is 0 Å². The molecule has 0 saturated carbocycles. The third-order valence-electron chi connectivity index (χ3n) is 1.39. The summed E-state index contributed by atoms with van der Waals surface area (Å²) in [6.45, 7) is 3.63. The summed E-state index contributed by atoms with van der Waals surface area (Å²) in [7, 11) is 0. The molecule has 1 rings (SSSR count). The molecule has 1 nitrogen and oxygen atoms in total. The molecule has 0 amide bonds. The van der Waals surface area contributed by atoms with Crippen molar-refractivity contribution in [2.45, 2.75) is 12.5 Å². The van der Waals surface area contributed by atoms with Crippen LogP contribution in [0, 0.1) is 0 Å². The lowest BCUT2D eigenvalue weighted by Gasteiger charge is -2.04. The van der Waals surface area contributed by atoms with Crippen molar-refractivity contribution >= 4 is 23.7 Å². The number of hydrogen-bond donors (Lipinski definition) is 1. The molecule has 0 radical (unpaired) electrons. The first kappa shape index (κ1) is 10.7. The Hall–Kier alpha value is -0.310. The predicted molar refractivity (Wildman–Crippen MR) is 53.3 cm³/mol. The zero-order chi connectivity index (χ0) is 7.40. The normalized spacial score (nSPS) is 11.7. The van der Waals surface area contributed by atoms with Gasteiger partial charge in [-0.15, -0.1) is 19.0 Å². The van der Waals surface area contributed by atoms with Crippen LogP contribution in [0.3, 0.4) is 0 Å². The molecule has 1 atom stereocenters. The lowest BCUT2D eigenvalue weighted by atomic mass is 10.1. The highest BCUT2D eigenvalue weighted by Crippen LogP contribution is 2.16. The minimum absolute atomic E-state index is 0. The van der Waals surface area contributed by atoms with Gasteiger partial charge in [0.15, 0.2) is 0 Å². The molecule has 0 aromatic carbocycles. The van der Waals surface area contributed by atoms with E-state index in [0.717, 1.165) is 6.42 Å². The van der Waals surface area contributed by atoms with E-state index in [9.17, 15) is 0 Å². The summed E-state index contributed by atoms with van der Waals surface area (Å²) in [5.74, 6) is 0. The third kappa shape index (κ3) is 3.06. The number of thiophene rings is 1. The summed E-state index contributed by atoms with van der Waals surface area (Å²) in [5.41, 5.74) is 7.00. The van der Waals surface area contributed by atoms with Crippen LogP contribution in [-0.4, -0.2) is 0 Å². The maximum atomic E-state index is 5.79. The second-order valence-electron chi connectivity index (χ2n) is 2.19. The van der Waals surface area contributed by atoms with Crippen molar-refractivity contribution < 1.29 is 0 Å². The van der Waals surface area contributed by atoms with Gasteiger partial charge in [-0.3, -0.25) is 0 Å². The molecule has 2 N–H and O–H groups in total. The van der Waals surface area contributed by atoms with Crippen LogP contribution in [0.4, 0.5) is 0 Å². The molecule has 0 aliphatic carbocycles. The first-order chi connectivity index (χ1) is 4.84. The Kier molecular flexibility index (Phi) is 5.20. The van der Waals surface area contributed by atoms with Gasteiger partial charge in [-0.1, -0.05) is 6.08 Å². The summed E-state index contributed by atoms with van der Waals surface area (Å²) in [5, 5.41) is 4.12. The molecule has 0 fully saturated rings. The Morgan fingerprint density at radius 3 is 2.91 bits per heavy atom. The molecule has 0 aliphatic heterocycles. The van der Waals surface area contributed by atoms with Gasteiger partial charge < -0.3 is 5.73 Å². The summed E-state index contributed by atoms with van der Waals surface area (Å²) < 4.78 is 0. The summed E-state index contributed by atoms with van der Waals surface area (Å²) in [6, 6.07) is 2.20. The molecule has 0 aliphatic rings. The van der Waals surface area contributed by atoms with Crippen LogP contribution in [-0.2, 0) is 0 Å². The smallest absolute Gasteiger partial charge is 0.0337 e. The second kappa shape index (κ2) is 5.35. The highest BCUT2D eigenvalue weighted by Gasteiger charge is 2.01. The van der Waals surface area contributed by atoms with E-state index in [4.69, 9.17) is 5.73 Å². The maximum absolute atomic E-state index is 5.79. The van der Waals surface area contributed by atoms with E-state index in [1.807, 2.05) is 11.5 Å². The topological polar surface area (TPSA) is 26.0 Å². The largest absolute Gasteiger partial charge is 0.324 e. The first-order valence-electron chi connectivity index (χ1n) is 3.23. The molecule has 3 heteroatoms. The molecule has 0 bridgehead atoms. The van der Waals surface area contributed by atoms with E-state index in [1.54, 1.807) is 11.3 Å². The molecule has 62 valence electrons. The second-order valence-corrected chi connectivity index (χ2v) is 2.97. The van der Waals surface area contributed by atoms with Crippen LogP contribution in [0.1, 0.15) is 18.0 Å². The zero-order valence-electron chi connectivity index (χ0n) is 6.19. The van der Waals surface area contributed by atoms with Crippen molar-refractivity contribution in [1.29, 1.82) is 0 Å². The fourth-order valence-electron chi connectivity index (χ4n) is 0.802. The molecular weight excluding hydrogens is 178 g/mol. The monoisotopic (exact) mass is 189 g/mol. The summed E-state index contributed by atoms with van der Waals surface area (Å²) >= 11 is 1.68. The van der Waals surface area contributed by atoms with Gasteiger partial charge in [-0.25, -0.2) is 0 Å². The number of nitrogens with two attached hydrogens (primary N) is 1. The van der Waals surface area contributed by atoms with Gasteiger partial charge in [0.1, 0.15) is 0 Å². The van der Waals surface area contributed by atoms with Crippen molar-refractivity contribution in [3.05, 3.63) is 35.0 Å². The number of hydrogen-bond acceptors (Lipinski definition) is 2. The van der Waals surface area contributed by atoms with E-state index >= 15 is 0 Å². The highest BCUT2D eigenvalue weighted by molar-refractivity contribution is 7.07. The summed E-state index contributed by atoms with van der Waals surface area (Å²) in [6.07, 6.45) is 2.71. The van der Waals surface area contributed by atoms with Gasteiger partial charge in [0.05, 0.1) is 0 Å². The fraction of sp³-hybridized carbons (Fsp3) is 0.250. The zero-order valence-corrected chi connectivity index (χ0v) is 7.83. The molecule has 0 unspecified atom stereocenters. The SMILES string of the molecule is C=CC[C@H](N)c1ccsc1.Cl. The minimum Gasteiger partial charge on any atom is -0.324 e. The Morgan fingerprint density at radius 2 is 2.45 bits per heavy atom. The molecular formula is C8H12ClNS. The highest BCUT2D eigenvalue weighted by atomic mass is 35.5. The van der Waals surface area contributed by atoms with Gasteiger partial charge in [-0.05, 0) is 28.8 Å². The first-order valence-corrected chi connectivity index (χ1v) is 4.17. The number of rotatable bonds is 3. The predicted octanol–water partition coefficient (Wildman–Crippen LogP) is 2.75. The maximum Gasteiger partial charge on any atom is 0.0337 e. The van der Waals surface area contributed by atoms with E-state index in [2.05, 4.69) is 18.0 Å². The van der Waals surface area contributed by atoms with Gasteiger partial charge in [0.2, 0.25) is 0 Å². The van der Waals surface area contributed by atoms with E-state index in [-0.39, 0.29) is 18.4 Å². The van der Waals surface area contributed by atoms with Crippen molar-refractivity contribution in [2.75, 3.05) is 0 Å². The van der Waals surface area contributed by atoms with Crippen LogP contribution < -0.4 is 5.73 Å². The third-order valence-corrected chi connectivity index (χ3v) is 2.09. The Balaban J connectivity index is 0.000001000. The molecule has 11 heavy (non-hydrogen) atoms. The standard InChI is InChI=1S/C8H11NS.ClH/c1-2-3-8(9)7-4-5-10-6-7;/h2,4-6,8H,1,3,9H2;1H/t8-;/m0./s1. The minimum atomic E-state index is 0. The quantitative estimate of drug-likeness (QED) is 0.728. The van der Waals surface area contributed by atoms with Crippen LogP contribution in [0.25, 0.3) is 0 Å². The van der Waals surface area contributed by atoms with Crippen molar-refractivity contribution in [3.63, 3.8) is 0 Å². The van der Waals surface area contributed by atoms with E-state index in [0.29, 0.717) is 0 Å². The lowest BCUT2D eigenvalue weighted by Crippen LogP contribution is -2.07. The molecule has 1 heterocycles. The van der Waals surface area contributed by atoms with Crippen LogP contribution >= 0.6 is 23.7 Å². The van der Waals surface area contributed by atoms with E-state index in [1.165, 1.54) is 5.56 Å². The van der Waals surface area contributed by atoms with Gasteiger partial charge in [0, 0.05) is 6.04 Å². The fourth-order valence-corrected chi connectivity index (χ4v) is 1.53. The molecule has 1 aromatic rings. The van der Waals surface area contributed by atoms with Gasteiger partial charge in [-0.2, -0.15) is 11.3 Å². The molecule has 1 aromatic heterocycles. The van der Waals surface area contributed by atoms with Crippen molar-refractivity contribution in [3.8, 4) is 0 Å².